The zero-order valence-corrected chi connectivity index (χ0v) is 14.5. The van der Waals surface area contributed by atoms with Crippen LogP contribution in [0.15, 0.2) is 59.6 Å². The van der Waals surface area contributed by atoms with Crippen molar-refractivity contribution in [3.63, 3.8) is 0 Å². The van der Waals surface area contributed by atoms with E-state index in [4.69, 9.17) is 11.6 Å². The van der Waals surface area contributed by atoms with Gasteiger partial charge in [0.2, 0.25) is 0 Å². The lowest BCUT2D eigenvalue weighted by atomic mass is 10.1. The number of halogens is 1. The van der Waals surface area contributed by atoms with E-state index in [-0.39, 0.29) is 0 Å². The molecule has 1 N–H and O–H groups in total. The van der Waals surface area contributed by atoms with Gasteiger partial charge in [-0.2, -0.15) is 0 Å². The van der Waals surface area contributed by atoms with Gasteiger partial charge < -0.3 is 5.32 Å². The van der Waals surface area contributed by atoms with Gasteiger partial charge in [0, 0.05) is 17.3 Å². The van der Waals surface area contributed by atoms with Gasteiger partial charge in [-0.15, -0.1) is 0 Å². The molecule has 3 rings (SSSR count). The van der Waals surface area contributed by atoms with Gasteiger partial charge >= 0.3 is 0 Å². The van der Waals surface area contributed by atoms with Gasteiger partial charge in [-0.1, -0.05) is 65.8 Å². The molecule has 0 fully saturated rings. The van der Waals surface area contributed by atoms with Gasteiger partial charge in [0.15, 0.2) is 5.17 Å². The van der Waals surface area contributed by atoms with Crippen molar-refractivity contribution in [1.29, 1.82) is 0 Å². The number of amidine groups is 1. The minimum atomic E-state index is 0.767. The van der Waals surface area contributed by atoms with Crippen LogP contribution in [-0.2, 0) is 12.2 Å². The minimum absolute atomic E-state index is 0.767. The van der Waals surface area contributed by atoms with Crippen molar-refractivity contribution in [2.75, 3.05) is 19.9 Å². The lowest BCUT2D eigenvalue weighted by Gasteiger charge is -2.26. The fourth-order valence-electron chi connectivity index (χ4n) is 2.36. The second-order valence-electron chi connectivity index (χ2n) is 5.48. The molecule has 0 saturated carbocycles. The molecule has 0 amide bonds. The van der Waals surface area contributed by atoms with Crippen molar-refractivity contribution in [2.24, 2.45) is 4.99 Å². The van der Waals surface area contributed by atoms with Crippen LogP contribution in [0.2, 0.25) is 5.02 Å². The van der Waals surface area contributed by atoms with E-state index >= 15 is 0 Å². The Morgan fingerprint density at radius 2 is 1.83 bits per heavy atom. The molecule has 2 aromatic rings. The first kappa shape index (κ1) is 16.4. The number of nitrogens with zero attached hydrogens (tertiary/aromatic N) is 2. The van der Waals surface area contributed by atoms with Crippen molar-refractivity contribution in [3.05, 3.63) is 70.7 Å². The Labute approximate surface area is 146 Å². The molecular weight excluding hydrogens is 326 g/mol. The van der Waals surface area contributed by atoms with Gasteiger partial charge in [-0.3, -0.25) is 4.90 Å². The summed E-state index contributed by atoms with van der Waals surface area (Å²) in [6.07, 6.45) is 1.06. The van der Waals surface area contributed by atoms with Crippen LogP contribution in [0, 0.1) is 0 Å². The van der Waals surface area contributed by atoms with E-state index in [1.807, 2.05) is 12.1 Å². The average Bonchev–Trinajstić information content (AvgIpc) is 2.61. The molecule has 1 heterocycles. The Morgan fingerprint density at radius 1 is 1.04 bits per heavy atom. The topological polar surface area (TPSA) is 27.6 Å². The molecule has 0 spiro atoms. The van der Waals surface area contributed by atoms with Crippen molar-refractivity contribution in [3.8, 4) is 0 Å². The third-order valence-corrected chi connectivity index (χ3v) is 4.99. The number of hydrogen-bond donors (Lipinski definition) is 1. The van der Waals surface area contributed by atoms with E-state index in [2.05, 4.69) is 57.7 Å². The molecule has 2 aromatic carbocycles. The maximum Gasteiger partial charge on any atom is 0.159 e. The maximum absolute atomic E-state index is 5.90. The van der Waals surface area contributed by atoms with E-state index < -0.39 is 0 Å². The van der Waals surface area contributed by atoms with Crippen LogP contribution < -0.4 is 5.32 Å². The fraction of sp³-hybridized carbons (Fsp3) is 0.278. The Balaban J connectivity index is 1.42. The van der Waals surface area contributed by atoms with Gasteiger partial charge in [-0.25, -0.2) is 4.99 Å². The van der Waals surface area contributed by atoms with Crippen molar-refractivity contribution >= 4 is 28.5 Å². The van der Waals surface area contributed by atoms with Crippen LogP contribution in [0.25, 0.3) is 0 Å². The standard InChI is InChI=1S/C18H20ClN3S/c19-17-8-6-16(7-9-17)12-23-18-20-13-22(14-21-18)11-10-15-4-2-1-3-5-15/h1-9H,10-14H2,(H,20,21). The second kappa shape index (κ2) is 8.39. The van der Waals surface area contributed by atoms with Crippen LogP contribution >= 0.6 is 23.4 Å². The summed E-state index contributed by atoms with van der Waals surface area (Å²) < 4.78 is 0. The predicted octanol–water partition coefficient (Wildman–Crippen LogP) is 3.99. The molecule has 120 valence electrons. The van der Waals surface area contributed by atoms with Crippen molar-refractivity contribution in [1.82, 2.24) is 10.2 Å². The predicted molar refractivity (Wildman–Crippen MR) is 99.9 cm³/mol. The van der Waals surface area contributed by atoms with Gasteiger partial charge in [0.05, 0.1) is 13.3 Å². The average molecular weight is 346 g/mol. The number of rotatable bonds is 5. The van der Waals surface area contributed by atoms with E-state index in [0.29, 0.717) is 0 Å². The van der Waals surface area contributed by atoms with Crippen LogP contribution in [-0.4, -0.2) is 29.9 Å². The molecule has 1 aliphatic rings. The van der Waals surface area contributed by atoms with Gasteiger partial charge in [-0.05, 0) is 29.7 Å². The Morgan fingerprint density at radius 3 is 2.52 bits per heavy atom. The molecule has 0 unspecified atom stereocenters. The van der Waals surface area contributed by atoms with E-state index in [1.165, 1.54) is 11.1 Å². The maximum atomic E-state index is 5.90. The third-order valence-electron chi connectivity index (χ3n) is 3.72. The van der Waals surface area contributed by atoms with E-state index in [0.717, 1.165) is 42.2 Å². The molecule has 0 saturated heterocycles. The first-order valence-electron chi connectivity index (χ1n) is 7.71. The highest BCUT2D eigenvalue weighted by Gasteiger charge is 2.12. The normalized spacial score (nSPS) is 15.1. The summed E-state index contributed by atoms with van der Waals surface area (Å²) >= 11 is 7.64. The quantitative estimate of drug-likeness (QED) is 0.887. The summed E-state index contributed by atoms with van der Waals surface area (Å²) in [7, 11) is 0. The van der Waals surface area contributed by atoms with Crippen LogP contribution in [0.3, 0.4) is 0 Å². The highest BCUT2D eigenvalue weighted by molar-refractivity contribution is 8.13. The summed E-state index contributed by atoms with van der Waals surface area (Å²) in [5.41, 5.74) is 2.63. The monoisotopic (exact) mass is 345 g/mol. The first-order chi connectivity index (χ1) is 11.3. The smallest absolute Gasteiger partial charge is 0.159 e. The molecular formula is C18H20ClN3S. The summed E-state index contributed by atoms with van der Waals surface area (Å²) in [5, 5.41) is 5.20. The number of aliphatic imine (C=N–C) groups is 1. The zero-order valence-electron chi connectivity index (χ0n) is 12.9. The molecule has 23 heavy (non-hydrogen) atoms. The second-order valence-corrected chi connectivity index (χ2v) is 6.89. The Bertz CT molecular complexity index is 643. The minimum Gasteiger partial charge on any atom is -0.352 e. The molecule has 0 radical (unpaired) electrons. The van der Waals surface area contributed by atoms with Crippen LogP contribution in [0.1, 0.15) is 11.1 Å². The first-order valence-corrected chi connectivity index (χ1v) is 9.08. The fourth-order valence-corrected chi connectivity index (χ4v) is 3.30. The number of hydrogen-bond acceptors (Lipinski definition) is 4. The van der Waals surface area contributed by atoms with Gasteiger partial charge in [0.25, 0.3) is 0 Å². The number of thioether (sulfide) groups is 1. The summed E-state index contributed by atoms with van der Waals surface area (Å²) in [5.74, 6) is 0.910. The highest BCUT2D eigenvalue weighted by Crippen LogP contribution is 2.17. The van der Waals surface area contributed by atoms with E-state index in [9.17, 15) is 0 Å². The summed E-state index contributed by atoms with van der Waals surface area (Å²) in [4.78, 5) is 6.94. The third kappa shape index (κ3) is 5.27. The summed E-state index contributed by atoms with van der Waals surface area (Å²) in [6, 6.07) is 18.6. The lowest BCUT2D eigenvalue weighted by Crippen LogP contribution is -2.42. The van der Waals surface area contributed by atoms with Crippen molar-refractivity contribution < 1.29 is 0 Å². The van der Waals surface area contributed by atoms with Crippen molar-refractivity contribution in [2.45, 2.75) is 12.2 Å². The molecule has 5 heteroatoms. The zero-order chi connectivity index (χ0) is 15.9. The van der Waals surface area contributed by atoms with Gasteiger partial charge in [0.1, 0.15) is 0 Å². The molecule has 1 aliphatic heterocycles. The highest BCUT2D eigenvalue weighted by atomic mass is 35.5. The number of nitrogens with one attached hydrogen (secondary N) is 1. The molecule has 0 aliphatic carbocycles. The molecule has 0 bridgehead atoms. The van der Waals surface area contributed by atoms with Crippen LogP contribution in [0.4, 0.5) is 0 Å². The van der Waals surface area contributed by atoms with E-state index in [1.54, 1.807) is 11.8 Å². The molecule has 0 aromatic heterocycles. The molecule has 0 atom stereocenters. The SMILES string of the molecule is Clc1ccc(CSC2=NCN(CCc3ccccc3)CN2)cc1. The number of benzene rings is 2. The Kier molecular flexibility index (Phi) is 5.97. The summed E-state index contributed by atoms with van der Waals surface area (Å²) in [6.45, 7) is 2.65. The largest absolute Gasteiger partial charge is 0.352 e. The Hall–Kier alpha value is -1.49. The van der Waals surface area contributed by atoms with Crippen LogP contribution in [0.5, 0.6) is 0 Å². The lowest BCUT2D eigenvalue weighted by molar-refractivity contribution is 0.270. The molecule has 3 nitrogen and oxygen atoms in total.